The Bertz CT molecular complexity index is 660. The van der Waals surface area contributed by atoms with Crippen molar-refractivity contribution in [3.63, 3.8) is 0 Å². The molecule has 24 heavy (non-hydrogen) atoms. The lowest BCUT2D eigenvalue weighted by Crippen LogP contribution is -2.16. The number of carbonyl (C=O) groups excluding carboxylic acids is 2. The SMILES string of the molecule is CCOC(=O)CC1CC(C(=O)OC)=C(/C=C/c2ccc(Br)cc2)O1. The third-order valence-corrected chi connectivity index (χ3v) is 3.98. The Morgan fingerprint density at radius 2 is 2.00 bits per heavy atom. The first-order chi connectivity index (χ1) is 11.5. The van der Waals surface area contributed by atoms with E-state index >= 15 is 0 Å². The molecule has 0 aromatic heterocycles. The molecule has 0 radical (unpaired) electrons. The van der Waals surface area contributed by atoms with Crippen LogP contribution in [0.4, 0.5) is 0 Å². The predicted molar refractivity (Wildman–Crippen MR) is 93.0 cm³/mol. The Morgan fingerprint density at radius 3 is 2.62 bits per heavy atom. The third kappa shape index (κ3) is 4.96. The molecule has 1 aromatic carbocycles. The van der Waals surface area contributed by atoms with Crippen LogP contribution < -0.4 is 0 Å². The molecule has 0 saturated heterocycles. The van der Waals surface area contributed by atoms with Crippen LogP contribution >= 0.6 is 15.9 Å². The van der Waals surface area contributed by atoms with Crippen LogP contribution in [0.5, 0.6) is 0 Å². The Morgan fingerprint density at radius 1 is 1.29 bits per heavy atom. The molecule has 1 heterocycles. The van der Waals surface area contributed by atoms with Crippen LogP contribution in [-0.2, 0) is 23.8 Å². The van der Waals surface area contributed by atoms with Crippen LogP contribution in [0.2, 0.25) is 0 Å². The van der Waals surface area contributed by atoms with Gasteiger partial charge in [-0.25, -0.2) is 4.79 Å². The van der Waals surface area contributed by atoms with Crippen molar-refractivity contribution >= 4 is 33.9 Å². The molecule has 1 unspecified atom stereocenters. The van der Waals surface area contributed by atoms with Gasteiger partial charge >= 0.3 is 11.9 Å². The van der Waals surface area contributed by atoms with Gasteiger partial charge in [-0.15, -0.1) is 0 Å². The highest BCUT2D eigenvalue weighted by atomic mass is 79.9. The number of carbonyl (C=O) groups is 2. The number of hydrogen-bond acceptors (Lipinski definition) is 5. The van der Waals surface area contributed by atoms with Crippen LogP contribution in [0.1, 0.15) is 25.3 Å². The minimum atomic E-state index is -0.447. The normalized spacial score (nSPS) is 17.0. The zero-order valence-electron chi connectivity index (χ0n) is 13.6. The van der Waals surface area contributed by atoms with Crippen LogP contribution in [0.15, 0.2) is 46.1 Å². The topological polar surface area (TPSA) is 61.8 Å². The van der Waals surface area contributed by atoms with Crippen molar-refractivity contribution in [1.82, 2.24) is 0 Å². The maximum absolute atomic E-state index is 11.9. The highest BCUT2D eigenvalue weighted by Gasteiger charge is 2.31. The predicted octanol–water partition coefficient (Wildman–Crippen LogP) is 3.63. The smallest absolute Gasteiger partial charge is 0.337 e. The summed E-state index contributed by atoms with van der Waals surface area (Å²) in [6.45, 7) is 2.07. The van der Waals surface area contributed by atoms with Crippen molar-refractivity contribution in [3.8, 4) is 0 Å². The molecule has 1 atom stereocenters. The van der Waals surface area contributed by atoms with E-state index < -0.39 is 12.1 Å². The molecule has 0 fully saturated rings. The van der Waals surface area contributed by atoms with Crippen molar-refractivity contribution in [3.05, 3.63) is 51.7 Å². The number of allylic oxidation sites excluding steroid dienone is 1. The third-order valence-electron chi connectivity index (χ3n) is 3.45. The summed E-state index contributed by atoms with van der Waals surface area (Å²) in [6, 6.07) is 7.72. The molecule has 0 aliphatic carbocycles. The van der Waals surface area contributed by atoms with Gasteiger partial charge in [0.2, 0.25) is 0 Å². The van der Waals surface area contributed by atoms with E-state index in [4.69, 9.17) is 14.2 Å². The summed E-state index contributed by atoms with van der Waals surface area (Å²) in [4.78, 5) is 23.5. The number of esters is 2. The first-order valence-corrected chi connectivity index (χ1v) is 8.40. The van der Waals surface area contributed by atoms with Crippen LogP contribution in [-0.4, -0.2) is 31.8 Å². The Hall–Kier alpha value is -2.08. The Kier molecular flexibility index (Phi) is 6.61. The standard InChI is InChI=1S/C18H19BrO5/c1-3-23-17(20)11-14-10-15(18(21)22-2)16(24-14)9-6-12-4-7-13(19)8-5-12/h4-9,14H,3,10-11H2,1-2H3/b9-6+. The fraction of sp³-hybridized carbons (Fsp3) is 0.333. The molecule has 6 heteroatoms. The van der Waals surface area contributed by atoms with Crippen molar-refractivity contribution in [2.75, 3.05) is 13.7 Å². The molecule has 0 saturated carbocycles. The minimum Gasteiger partial charge on any atom is -0.489 e. The fourth-order valence-corrected chi connectivity index (χ4v) is 2.60. The summed E-state index contributed by atoms with van der Waals surface area (Å²) in [7, 11) is 1.32. The van der Waals surface area contributed by atoms with Crippen molar-refractivity contribution in [2.45, 2.75) is 25.9 Å². The second-order valence-electron chi connectivity index (χ2n) is 5.17. The van der Waals surface area contributed by atoms with E-state index in [1.165, 1.54) is 7.11 Å². The van der Waals surface area contributed by atoms with E-state index in [1.807, 2.05) is 30.3 Å². The maximum Gasteiger partial charge on any atom is 0.337 e. The highest BCUT2D eigenvalue weighted by molar-refractivity contribution is 9.10. The number of rotatable bonds is 6. The lowest BCUT2D eigenvalue weighted by Gasteiger charge is -2.10. The number of ether oxygens (including phenoxy) is 3. The molecule has 2 rings (SSSR count). The summed E-state index contributed by atoms with van der Waals surface area (Å²) in [5, 5.41) is 0. The molecule has 128 valence electrons. The molecule has 0 bridgehead atoms. The summed E-state index contributed by atoms with van der Waals surface area (Å²) in [5.41, 5.74) is 1.40. The molecule has 1 aliphatic heterocycles. The molecule has 0 spiro atoms. The van der Waals surface area contributed by atoms with Crippen molar-refractivity contribution in [1.29, 1.82) is 0 Å². The zero-order valence-corrected chi connectivity index (χ0v) is 15.2. The summed E-state index contributed by atoms with van der Waals surface area (Å²) < 4.78 is 16.5. The van der Waals surface area contributed by atoms with Gasteiger partial charge in [0.15, 0.2) is 0 Å². The lowest BCUT2D eigenvalue weighted by molar-refractivity contribution is -0.145. The van der Waals surface area contributed by atoms with E-state index in [-0.39, 0.29) is 12.4 Å². The molecule has 0 amide bonds. The van der Waals surface area contributed by atoms with Gasteiger partial charge in [-0.1, -0.05) is 34.1 Å². The van der Waals surface area contributed by atoms with Crippen molar-refractivity contribution in [2.24, 2.45) is 0 Å². The average Bonchev–Trinajstić information content (AvgIpc) is 2.96. The van der Waals surface area contributed by atoms with E-state index in [1.54, 1.807) is 13.0 Å². The minimum absolute atomic E-state index is 0.101. The fourth-order valence-electron chi connectivity index (χ4n) is 2.33. The highest BCUT2D eigenvalue weighted by Crippen LogP contribution is 2.29. The molecule has 1 aliphatic rings. The molecular weight excluding hydrogens is 376 g/mol. The largest absolute Gasteiger partial charge is 0.489 e. The second-order valence-corrected chi connectivity index (χ2v) is 6.09. The van der Waals surface area contributed by atoms with Gasteiger partial charge in [0.1, 0.15) is 11.9 Å². The van der Waals surface area contributed by atoms with Crippen LogP contribution in [0.25, 0.3) is 6.08 Å². The molecular formula is C18H19BrO5. The first kappa shape index (κ1) is 18.3. The molecule has 0 N–H and O–H groups in total. The van der Waals surface area contributed by atoms with Crippen LogP contribution in [0.3, 0.4) is 0 Å². The number of halogens is 1. The van der Waals surface area contributed by atoms with Crippen molar-refractivity contribution < 1.29 is 23.8 Å². The van der Waals surface area contributed by atoms with Gasteiger partial charge < -0.3 is 14.2 Å². The monoisotopic (exact) mass is 394 g/mol. The number of hydrogen-bond donors (Lipinski definition) is 0. The van der Waals surface area contributed by atoms with Gasteiger partial charge in [0.05, 0.1) is 25.7 Å². The van der Waals surface area contributed by atoms with Gasteiger partial charge in [-0.05, 0) is 30.7 Å². The average molecular weight is 395 g/mol. The zero-order chi connectivity index (χ0) is 17.5. The molecule has 5 nitrogen and oxygen atoms in total. The quantitative estimate of drug-likeness (QED) is 0.689. The molecule has 1 aromatic rings. The van der Waals surface area contributed by atoms with Gasteiger partial charge in [0, 0.05) is 10.9 Å². The van der Waals surface area contributed by atoms with E-state index in [0.717, 1.165) is 10.0 Å². The van der Waals surface area contributed by atoms with Gasteiger partial charge in [0.25, 0.3) is 0 Å². The second kappa shape index (κ2) is 8.68. The van der Waals surface area contributed by atoms with E-state index in [9.17, 15) is 9.59 Å². The number of methoxy groups -OCH3 is 1. The Labute approximate surface area is 149 Å². The first-order valence-electron chi connectivity index (χ1n) is 7.60. The lowest BCUT2D eigenvalue weighted by atomic mass is 10.1. The summed E-state index contributed by atoms with van der Waals surface area (Å²) >= 11 is 3.38. The summed E-state index contributed by atoms with van der Waals surface area (Å²) in [6.07, 6.45) is 3.58. The van der Waals surface area contributed by atoms with Crippen LogP contribution in [0, 0.1) is 0 Å². The van der Waals surface area contributed by atoms with Gasteiger partial charge in [-0.3, -0.25) is 4.79 Å². The summed E-state index contributed by atoms with van der Waals surface area (Å²) in [5.74, 6) is -0.360. The van der Waals surface area contributed by atoms with E-state index in [0.29, 0.717) is 24.4 Å². The van der Waals surface area contributed by atoms with Gasteiger partial charge in [-0.2, -0.15) is 0 Å². The number of benzene rings is 1. The maximum atomic E-state index is 11.9. The Balaban J connectivity index is 2.12. The van der Waals surface area contributed by atoms with E-state index in [2.05, 4.69) is 15.9 Å².